The highest BCUT2D eigenvalue weighted by atomic mass is 79.9. The first-order valence-corrected chi connectivity index (χ1v) is 7.78. The molecule has 7 heteroatoms. The van der Waals surface area contributed by atoms with Crippen molar-refractivity contribution in [2.45, 2.75) is 13.3 Å². The minimum atomic E-state index is -0.00762. The van der Waals surface area contributed by atoms with Crippen LogP contribution in [0.15, 0.2) is 22.7 Å². The van der Waals surface area contributed by atoms with Crippen LogP contribution in [-0.2, 0) is 9.53 Å². The second-order valence-electron chi connectivity index (χ2n) is 4.63. The van der Waals surface area contributed by atoms with Gasteiger partial charge in [0.15, 0.2) is 0 Å². The Morgan fingerprint density at radius 2 is 2.00 bits per heavy atom. The van der Waals surface area contributed by atoms with Crippen molar-refractivity contribution < 1.29 is 14.3 Å². The molecule has 0 saturated carbocycles. The molecule has 0 bridgehead atoms. The highest BCUT2D eigenvalue weighted by Crippen LogP contribution is 2.25. The lowest BCUT2D eigenvalue weighted by Gasteiger charge is -2.09. The number of benzene rings is 1. The Hall–Kier alpha value is -0.820. The molecule has 0 atom stereocenters. The molecule has 126 valence electrons. The molecule has 0 aromatic heterocycles. The summed E-state index contributed by atoms with van der Waals surface area (Å²) >= 11 is 3.44. The Balaban J connectivity index is 0.00000441. The number of aryl methyl sites for hydroxylation is 1. The lowest BCUT2D eigenvalue weighted by molar-refractivity contribution is -0.121. The number of carbonyl (C=O) groups is 1. The fourth-order valence-corrected chi connectivity index (χ4v) is 2.26. The van der Waals surface area contributed by atoms with Crippen LogP contribution >= 0.6 is 28.3 Å². The first-order chi connectivity index (χ1) is 10.1. The van der Waals surface area contributed by atoms with Crippen LogP contribution < -0.4 is 15.4 Å². The molecule has 0 aliphatic rings. The molecule has 1 aromatic rings. The van der Waals surface area contributed by atoms with Gasteiger partial charge in [0.25, 0.3) is 0 Å². The van der Waals surface area contributed by atoms with Crippen molar-refractivity contribution in [1.29, 1.82) is 0 Å². The molecule has 0 spiro atoms. The van der Waals surface area contributed by atoms with Crippen molar-refractivity contribution in [3.05, 3.63) is 28.2 Å². The maximum atomic E-state index is 11.6. The van der Waals surface area contributed by atoms with Crippen LogP contribution in [0.5, 0.6) is 5.75 Å². The van der Waals surface area contributed by atoms with Crippen LogP contribution in [0.25, 0.3) is 0 Å². The van der Waals surface area contributed by atoms with Crippen LogP contribution in [-0.4, -0.2) is 45.9 Å². The number of ether oxygens (including phenoxy) is 2. The highest BCUT2D eigenvalue weighted by molar-refractivity contribution is 9.10. The van der Waals surface area contributed by atoms with Gasteiger partial charge in [-0.3, -0.25) is 4.79 Å². The van der Waals surface area contributed by atoms with Crippen LogP contribution in [0.1, 0.15) is 12.0 Å². The summed E-state index contributed by atoms with van der Waals surface area (Å²) in [7, 11) is 1.66. The van der Waals surface area contributed by atoms with E-state index in [1.165, 1.54) is 0 Å². The van der Waals surface area contributed by atoms with Gasteiger partial charge >= 0.3 is 0 Å². The average molecular weight is 396 g/mol. The Morgan fingerprint density at radius 1 is 1.23 bits per heavy atom. The minimum absolute atomic E-state index is 0. The number of halogens is 2. The standard InChI is InChI=1S/C15H23BrN2O3.ClH/c1-12-3-4-14(13(16)11-12)21-9-5-15(19)18-7-6-17-8-10-20-2;/h3-4,11,17H,5-10H2,1-2H3,(H,18,19);1H. The summed E-state index contributed by atoms with van der Waals surface area (Å²) in [6, 6.07) is 5.87. The quantitative estimate of drug-likeness (QED) is 0.597. The summed E-state index contributed by atoms with van der Waals surface area (Å²) in [5, 5.41) is 5.99. The number of hydrogen-bond acceptors (Lipinski definition) is 4. The highest BCUT2D eigenvalue weighted by Gasteiger charge is 2.04. The van der Waals surface area contributed by atoms with E-state index in [0.29, 0.717) is 26.2 Å². The summed E-state index contributed by atoms with van der Waals surface area (Å²) in [5.41, 5.74) is 1.16. The smallest absolute Gasteiger partial charge is 0.223 e. The molecular formula is C15H24BrClN2O3. The van der Waals surface area contributed by atoms with Crippen LogP contribution in [0.2, 0.25) is 0 Å². The molecule has 5 nitrogen and oxygen atoms in total. The van der Waals surface area contributed by atoms with Gasteiger partial charge in [0.1, 0.15) is 5.75 Å². The van der Waals surface area contributed by atoms with E-state index in [2.05, 4.69) is 26.6 Å². The SMILES string of the molecule is COCCNCCNC(=O)CCOc1ccc(C)cc1Br.Cl. The second-order valence-corrected chi connectivity index (χ2v) is 5.48. The summed E-state index contributed by atoms with van der Waals surface area (Å²) in [6.45, 7) is 5.19. The van der Waals surface area contributed by atoms with Crippen molar-refractivity contribution in [2.24, 2.45) is 0 Å². The first kappa shape index (κ1) is 21.2. The lowest BCUT2D eigenvalue weighted by Crippen LogP contribution is -2.33. The van der Waals surface area contributed by atoms with Crippen molar-refractivity contribution >= 4 is 34.2 Å². The summed E-state index contributed by atoms with van der Waals surface area (Å²) in [6.07, 6.45) is 0.346. The van der Waals surface area contributed by atoms with Crippen molar-refractivity contribution in [3.63, 3.8) is 0 Å². The van der Waals surface area contributed by atoms with Crippen LogP contribution in [0, 0.1) is 6.92 Å². The zero-order valence-electron chi connectivity index (χ0n) is 13.0. The van der Waals surface area contributed by atoms with Gasteiger partial charge in [0, 0.05) is 26.7 Å². The minimum Gasteiger partial charge on any atom is -0.492 e. The molecule has 0 heterocycles. The Morgan fingerprint density at radius 3 is 2.68 bits per heavy atom. The van der Waals surface area contributed by atoms with E-state index in [4.69, 9.17) is 9.47 Å². The molecule has 0 unspecified atom stereocenters. The molecule has 22 heavy (non-hydrogen) atoms. The number of carbonyl (C=O) groups excluding carboxylic acids is 1. The van der Waals surface area contributed by atoms with Gasteiger partial charge in [0.05, 0.1) is 24.1 Å². The molecule has 0 saturated heterocycles. The predicted octanol–water partition coefficient (Wildman–Crippen LogP) is 2.30. The summed E-state index contributed by atoms with van der Waals surface area (Å²) in [4.78, 5) is 11.6. The van der Waals surface area contributed by atoms with E-state index >= 15 is 0 Å². The fraction of sp³-hybridized carbons (Fsp3) is 0.533. The molecule has 1 aromatic carbocycles. The number of hydrogen-bond donors (Lipinski definition) is 2. The topological polar surface area (TPSA) is 59.6 Å². The number of nitrogens with one attached hydrogen (secondary N) is 2. The van der Waals surface area contributed by atoms with Gasteiger partial charge in [-0.2, -0.15) is 0 Å². The third-order valence-corrected chi connectivity index (χ3v) is 3.40. The molecule has 0 radical (unpaired) electrons. The second kappa shape index (κ2) is 12.7. The molecule has 0 aliphatic heterocycles. The van der Waals surface area contributed by atoms with E-state index < -0.39 is 0 Å². The van der Waals surface area contributed by atoms with Gasteiger partial charge in [0.2, 0.25) is 5.91 Å². The zero-order valence-corrected chi connectivity index (χ0v) is 15.4. The summed E-state index contributed by atoms with van der Waals surface area (Å²) < 4.78 is 11.4. The van der Waals surface area contributed by atoms with Gasteiger partial charge in [-0.05, 0) is 40.5 Å². The van der Waals surface area contributed by atoms with E-state index in [9.17, 15) is 4.79 Å². The Labute approximate surface area is 146 Å². The monoisotopic (exact) mass is 394 g/mol. The molecule has 0 aliphatic carbocycles. The fourth-order valence-electron chi connectivity index (χ4n) is 1.65. The zero-order chi connectivity index (χ0) is 15.5. The maximum absolute atomic E-state index is 11.6. The van der Waals surface area contributed by atoms with E-state index in [0.717, 1.165) is 28.9 Å². The summed E-state index contributed by atoms with van der Waals surface area (Å²) in [5.74, 6) is 0.751. The number of methoxy groups -OCH3 is 1. The van der Waals surface area contributed by atoms with Gasteiger partial charge in [-0.15, -0.1) is 12.4 Å². The third-order valence-electron chi connectivity index (χ3n) is 2.78. The number of rotatable bonds is 10. The van der Waals surface area contributed by atoms with Gasteiger partial charge in [-0.25, -0.2) is 0 Å². The Kier molecular flexibility index (Phi) is 12.2. The first-order valence-electron chi connectivity index (χ1n) is 6.99. The molecule has 0 fully saturated rings. The van der Waals surface area contributed by atoms with Crippen molar-refractivity contribution in [3.8, 4) is 5.75 Å². The Bertz CT molecular complexity index is 447. The largest absolute Gasteiger partial charge is 0.492 e. The molecule has 1 rings (SSSR count). The molecule has 1 amide bonds. The van der Waals surface area contributed by atoms with E-state index in [1.807, 2.05) is 25.1 Å². The predicted molar refractivity (Wildman–Crippen MR) is 94.0 cm³/mol. The normalized spacial score (nSPS) is 9.95. The third kappa shape index (κ3) is 9.25. The number of amides is 1. The van der Waals surface area contributed by atoms with Gasteiger partial charge in [-0.1, -0.05) is 6.07 Å². The lowest BCUT2D eigenvalue weighted by atomic mass is 10.2. The molecule has 2 N–H and O–H groups in total. The average Bonchev–Trinajstić information content (AvgIpc) is 2.45. The van der Waals surface area contributed by atoms with Crippen LogP contribution in [0.3, 0.4) is 0 Å². The van der Waals surface area contributed by atoms with E-state index in [1.54, 1.807) is 7.11 Å². The molecular weight excluding hydrogens is 372 g/mol. The van der Waals surface area contributed by atoms with Gasteiger partial charge < -0.3 is 20.1 Å². The maximum Gasteiger partial charge on any atom is 0.223 e. The van der Waals surface area contributed by atoms with Crippen molar-refractivity contribution in [2.75, 3.05) is 40.0 Å². The van der Waals surface area contributed by atoms with Crippen molar-refractivity contribution in [1.82, 2.24) is 10.6 Å². The van der Waals surface area contributed by atoms with E-state index in [-0.39, 0.29) is 18.3 Å². The van der Waals surface area contributed by atoms with Crippen LogP contribution in [0.4, 0.5) is 0 Å².